The van der Waals surface area contributed by atoms with Crippen LogP contribution in [0.1, 0.15) is 5.56 Å². The zero-order valence-corrected chi connectivity index (χ0v) is 14.5. The van der Waals surface area contributed by atoms with Crippen molar-refractivity contribution < 1.29 is 8.42 Å². The first-order valence-electron chi connectivity index (χ1n) is 6.08. The third-order valence-electron chi connectivity index (χ3n) is 2.93. The Labute approximate surface area is 132 Å². The first kappa shape index (κ1) is 15.8. The summed E-state index contributed by atoms with van der Waals surface area (Å²) < 4.78 is 28.7. The molecule has 114 valence electrons. The maximum absolute atomic E-state index is 12.4. The van der Waals surface area contributed by atoms with Gasteiger partial charge in [0.2, 0.25) is 5.03 Å². The standard InChI is InChI=1S/C12H16BrN5O2S/c1-8-5-6-9(7-10(8)17(2)3)15-21(19,20)12-11(13)14-16-18(12)4/h5-7,15H,1-4H3. The molecule has 0 spiro atoms. The Kier molecular flexibility index (Phi) is 4.24. The molecule has 0 aliphatic heterocycles. The summed E-state index contributed by atoms with van der Waals surface area (Å²) in [6.45, 7) is 1.97. The van der Waals surface area contributed by atoms with Crippen molar-refractivity contribution in [3.8, 4) is 0 Å². The summed E-state index contributed by atoms with van der Waals surface area (Å²) >= 11 is 3.09. The predicted molar refractivity (Wildman–Crippen MR) is 85.0 cm³/mol. The van der Waals surface area contributed by atoms with Gasteiger partial charge < -0.3 is 4.90 Å². The molecule has 0 radical (unpaired) electrons. The van der Waals surface area contributed by atoms with Crippen LogP contribution in [-0.4, -0.2) is 37.5 Å². The minimum atomic E-state index is -3.76. The van der Waals surface area contributed by atoms with E-state index in [1.54, 1.807) is 12.1 Å². The average Bonchev–Trinajstić information content (AvgIpc) is 2.71. The van der Waals surface area contributed by atoms with Gasteiger partial charge in [-0.2, -0.15) is 8.42 Å². The summed E-state index contributed by atoms with van der Waals surface area (Å²) in [7, 11) is 1.57. The summed E-state index contributed by atoms with van der Waals surface area (Å²) in [6.07, 6.45) is 0. The molecule has 2 aromatic rings. The molecule has 7 nitrogen and oxygen atoms in total. The van der Waals surface area contributed by atoms with Gasteiger partial charge in [-0.3, -0.25) is 4.72 Å². The van der Waals surface area contributed by atoms with Crippen molar-refractivity contribution in [3.05, 3.63) is 28.4 Å². The van der Waals surface area contributed by atoms with Gasteiger partial charge in [0.05, 0.1) is 5.69 Å². The fourth-order valence-corrected chi connectivity index (χ4v) is 4.11. The molecule has 0 unspecified atom stereocenters. The molecule has 1 heterocycles. The Morgan fingerprint density at radius 2 is 2.00 bits per heavy atom. The summed E-state index contributed by atoms with van der Waals surface area (Å²) in [5.74, 6) is 0. The minimum Gasteiger partial charge on any atom is -0.377 e. The molecular formula is C12H16BrN5O2S. The Balaban J connectivity index is 2.40. The van der Waals surface area contributed by atoms with Crippen molar-refractivity contribution in [2.24, 2.45) is 7.05 Å². The molecule has 1 aromatic heterocycles. The molecule has 0 aliphatic rings. The number of nitrogens with zero attached hydrogens (tertiary/aromatic N) is 4. The zero-order chi connectivity index (χ0) is 15.8. The second-order valence-corrected chi connectivity index (χ2v) is 7.16. The van der Waals surface area contributed by atoms with E-state index >= 15 is 0 Å². The average molecular weight is 374 g/mol. The van der Waals surface area contributed by atoms with Crippen LogP contribution in [0.4, 0.5) is 11.4 Å². The fraction of sp³-hybridized carbons (Fsp3) is 0.333. The second-order valence-electron chi connectivity index (χ2n) is 4.81. The number of hydrogen-bond acceptors (Lipinski definition) is 5. The smallest absolute Gasteiger partial charge is 0.281 e. The largest absolute Gasteiger partial charge is 0.377 e. The lowest BCUT2D eigenvalue weighted by Gasteiger charge is -2.17. The van der Waals surface area contributed by atoms with Crippen LogP contribution in [-0.2, 0) is 17.1 Å². The highest BCUT2D eigenvalue weighted by Crippen LogP contribution is 2.26. The van der Waals surface area contributed by atoms with E-state index in [1.807, 2.05) is 32.0 Å². The van der Waals surface area contributed by atoms with Gasteiger partial charge in [0.25, 0.3) is 10.0 Å². The molecule has 0 saturated carbocycles. The van der Waals surface area contributed by atoms with Crippen LogP contribution in [0.3, 0.4) is 0 Å². The Morgan fingerprint density at radius 3 is 2.52 bits per heavy atom. The van der Waals surface area contributed by atoms with Gasteiger partial charge in [-0.25, -0.2) is 4.68 Å². The van der Waals surface area contributed by atoms with Gasteiger partial charge >= 0.3 is 0 Å². The molecule has 21 heavy (non-hydrogen) atoms. The van der Waals surface area contributed by atoms with E-state index in [2.05, 4.69) is 31.0 Å². The number of benzene rings is 1. The quantitative estimate of drug-likeness (QED) is 0.882. The number of halogens is 1. The normalized spacial score (nSPS) is 11.5. The van der Waals surface area contributed by atoms with Crippen molar-refractivity contribution in [1.29, 1.82) is 0 Å². The lowest BCUT2D eigenvalue weighted by molar-refractivity contribution is 0.578. The van der Waals surface area contributed by atoms with E-state index in [0.29, 0.717) is 5.69 Å². The highest BCUT2D eigenvalue weighted by Gasteiger charge is 2.24. The molecule has 1 N–H and O–H groups in total. The van der Waals surface area contributed by atoms with Gasteiger partial charge in [-0.15, -0.1) is 5.10 Å². The lowest BCUT2D eigenvalue weighted by atomic mass is 10.2. The van der Waals surface area contributed by atoms with Gasteiger partial charge in [-0.05, 0) is 40.5 Å². The minimum absolute atomic E-state index is 0.0190. The highest BCUT2D eigenvalue weighted by molar-refractivity contribution is 9.10. The van der Waals surface area contributed by atoms with E-state index in [4.69, 9.17) is 0 Å². The molecule has 0 saturated heterocycles. The molecule has 0 aliphatic carbocycles. The Hall–Kier alpha value is -1.61. The van der Waals surface area contributed by atoms with Crippen LogP contribution in [0.15, 0.2) is 27.8 Å². The number of nitrogens with one attached hydrogen (secondary N) is 1. The molecule has 9 heteroatoms. The SMILES string of the molecule is Cc1ccc(NS(=O)(=O)c2c(Br)nnn2C)cc1N(C)C. The molecule has 1 aromatic carbocycles. The molecule has 0 atom stereocenters. The third kappa shape index (κ3) is 3.18. The van der Waals surface area contributed by atoms with Gasteiger partial charge in [0.15, 0.2) is 4.60 Å². The number of aryl methyl sites for hydroxylation is 2. The van der Waals surface area contributed by atoms with Crippen molar-refractivity contribution >= 4 is 37.3 Å². The topological polar surface area (TPSA) is 80.1 Å². The number of anilines is 2. The van der Waals surface area contributed by atoms with Crippen molar-refractivity contribution in [2.45, 2.75) is 11.9 Å². The second kappa shape index (κ2) is 5.64. The van der Waals surface area contributed by atoms with E-state index in [0.717, 1.165) is 11.3 Å². The third-order valence-corrected chi connectivity index (χ3v) is 5.20. The lowest BCUT2D eigenvalue weighted by Crippen LogP contribution is -2.18. The van der Waals surface area contributed by atoms with E-state index in [-0.39, 0.29) is 9.63 Å². The molecular weight excluding hydrogens is 358 g/mol. The van der Waals surface area contributed by atoms with E-state index in [9.17, 15) is 8.42 Å². The van der Waals surface area contributed by atoms with Crippen molar-refractivity contribution in [2.75, 3.05) is 23.7 Å². The summed E-state index contributed by atoms with van der Waals surface area (Å²) in [5, 5.41) is 7.34. The van der Waals surface area contributed by atoms with Gasteiger partial charge in [-0.1, -0.05) is 11.3 Å². The van der Waals surface area contributed by atoms with Crippen LogP contribution < -0.4 is 9.62 Å². The highest BCUT2D eigenvalue weighted by atomic mass is 79.9. The molecule has 0 bridgehead atoms. The fourth-order valence-electron chi connectivity index (χ4n) is 1.97. The molecule has 2 rings (SSSR count). The summed E-state index contributed by atoms with van der Waals surface area (Å²) in [5.41, 5.74) is 2.49. The summed E-state index contributed by atoms with van der Waals surface area (Å²) in [6, 6.07) is 5.37. The zero-order valence-electron chi connectivity index (χ0n) is 12.1. The number of sulfonamides is 1. The predicted octanol–water partition coefficient (Wildman–Crippen LogP) is 1.75. The molecule has 0 fully saturated rings. The number of aromatic nitrogens is 3. The number of hydrogen-bond donors (Lipinski definition) is 1. The van der Waals surface area contributed by atoms with Crippen LogP contribution >= 0.6 is 15.9 Å². The number of rotatable bonds is 4. The van der Waals surface area contributed by atoms with Crippen LogP contribution in [0.5, 0.6) is 0 Å². The maximum Gasteiger partial charge on any atom is 0.281 e. The van der Waals surface area contributed by atoms with Gasteiger partial charge in [0.1, 0.15) is 0 Å². The van der Waals surface area contributed by atoms with E-state index < -0.39 is 10.0 Å². The van der Waals surface area contributed by atoms with Crippen LogP contribution in [0.25, 0.3) is 0 Å². The van der Waals surface area contributed by atoms with Crippen molar-refractivity contribution in [1.82, 2.24) is 15.0 Å². The first-order chi connectivity index (χ1) is 9.72. The van der Waals surface area contributed by atoms with E-state index in [1.165, 1.54) is 11.7 Å². The van der Waals surface area contributed by atoms with Crippen LogP contribution in [0.2, 0.25) is 0 Å². The monoisotopic (exact) mass is 373 g/mol. The Morgan fingerprint density at radius 1 is 1.33 bits per heavy atom. The first-order valence-corrected chi connectivity index (χ1v) is 8.36. The summed E-state index contributed by atoms with van der Waals surface area (Å²) in [4.78, 5) is 1.93. The maximum atomic E-state index is 12.4. The molecule has 0 amide bonds. The Bertz CT molecular complexity index is 750. The van der Waals surface area contributed by atoms with Crippen LogP contribution in [0, 0.1) is 6.92 Å². The van der Waals surface area contributed by atoms with Crippen molar-refractivity contribution in [3.63, 3.8) is 0 Å². The van der Waals surface area contributed by atoms with Gasteiger partial charge in [0, 0.05) is 26.8 Å².